The van der Waals surface area contributed by atoms with Crippen molar-refractivity contribution in [1.29, 1.82) is 0 Å². The van der Waals surface area contributed by atoms with E-state index in [9.17, 15) is 18.4 Å². The summed E-state index contributed by atoms with van der Waals surface area (Å²) in [6.07, 6.45) is 0. The van der Waals surface area contributed by atoms with Crippen LogP contribution in [-0.2, 0) is 4.79 Å². The zero-order valence-electron chi connectivity index (χ0n) is 11.8. The number of carboxylic acid groups (broad SMARTS) is 1. The molecule has 0 fully saturated rings. The fraction of sp³-hybridized carbons (Fsp3) is 0.429. The summed E-state index contributed by atoms with van der Waals surface area (Å²) < 4.78 is 25.0. The van der Waals surface area contributed by atoms with E-state index in [-0.39, 0.29) is 17.0 Å². The van der Waals surface area contributed by atoms with Gasteiger partial charge in [-0.15, -0.1) is 0 Å². The third kappa shape index (κ3) is 5.00. The van der Waals surface area contributed by atoms with Crippen molar-refractivity contribution >= 4 is 23.6 Å². The molecule has 1 amide bonds. The predicted molar refractivity (Wildman–Crippen MR) is 76.7 cm³/mol. The minimum atomic E-state index is -2.62. The van der Waals surface area contributed by atoms with Gasteiger partial charge in [0.05, 0.1) is 11.5 Å². The molecule has 0 aliphatic rings. The van der Waals surface area contributed by atoms with Crippen molar-refractivity contribution < 1.29 is 23.5 Å². The molecule has 0 saturated heterocycles. The van der Waals surface area contributed by atoms with Gasteiger partial charge < -0.3 is 10.0 Å². The Morgan fingerprint density at radius 1 is 1.33 bits per heavy atom. The lowest BCUT2D eigenvalue weighted by Crippen LogP contribution is -2.37. The first-order valence-electron chi connectivity index (χ1n) is 6.42. The Morgan fingerprint density at radius 3 is 2.48 bits per heavy atom. The van der Waals surface area contributed by atoms with Gasteiger partial charge in [-0.2, -0.15) is 8.78 Å². The number of hydrogen-bond acceptors (Lipinski definition) is 3. The number of nitrogens with zero attached hydrogens (tertiary/aromatic N) is 1. The van der Waals surface area contributed by atoms with Gasteiger partial charge in [0.25, 0.3) is 11.7 Å². The van der Waals surface area contributed by atoms with Crippen LogP contribution in [0.2, 0.25) is 0 Å². The molecular formula is C14H17F2NO3S. The summed E-state index contributed by atoms with van der Waals surface area (Å²) >= 11 is 0.309. The van der Waals surface area contributed by atoms with Gasteiger partial charge in [-0.05, 0) is 19.1 Å². The summed E-state index contributed by atoms with van der Waals surface area (Å²) in [5.74, 6) is -4.78. The van der Waals surface area contributed by atoms with E-state index in [1.165, 1.54) is 24.0 Å². The zero-order chi connectivity index (χ0) is 16.0. The van der Waals surface area contributed by atoms with Gasteiger partial charge in [-0.25, -0.2) is 0 Å². The van der Waals surface area contributed by atoms with Crippen LogP contribution in [0.4, 0.5) is 8.78 Å². The molecule has 0 bridgehead atoms. The van der Waals surface area contributed by atoms with Crippen LogP contribution in [0.25, 0.3) is 0 Å². The van der Waals surface area contributed by atoms with Gasteiger partial charge >= 0.3 is 5.97 Å². The predicted octanol–water partition coefficient (Wildman–Crippen LogP) is 3.18. The number of halogens is 2. The van der Waals surface area contributed by atoms with Crippen molar-refractivity contribution in [1.82, 2.24) is 4.90 Å². The Kier molecular flexibility index (Phi) is 6.61. The Morgan fingerprint density at radius 2 is 1.95 bits per heavy atom. The van der Waals surface area contributed by atoms with Crippen molar-refractivity contribution in [3.8, 4) is 0 Å². The monoisotopic (exact) mass is 317 g/mol. The number of alkyl halides is 2. The van der Waals surface area contributed by atoms with E-state index in [1.54, 1.807) is 19.1 Å². The minimum absolute atomic E-state index is 0.0400. The summed E-state index contributed by atoms with van der Waals surface area (Å²) in [6, 6.07) is 6.11. The molecule has 1 aromatic rings. The highest BCUT2D eigenvalue weighted by molar-refractivity contribution is 7.99. The van der Waals surface area contributed by atoms with Crippen molar-refractivity contribution in [2.45, 2.75) is 24.5 Å². The number of amides is 1. The molecule has 0 aliphatic heterocycles. The van der Waals surface area contributed by atoms with E-state index in [1.807, 2.05) is 0 Å². The molecule has 0 aromatic heterocycles. The minimum Gasteiger partial charge on any atom is -0.481 e. The number of rotatable bonds is 7. The standard InChI is InChI=1S/C14H17F2NO3S/c1-3-17(8-9(2)13(19)20)12(18)10-6-4-5-7-11(10)21-14(15)16/h4-7,9,14H,3,8H2,1-2H3,(H,19,20). The Balaban J connectivity index is 2.97. The number of hydrogen-bond donors (Lipinski definition) is 1. The summed E-state index contributed by atoms with van der Waals surface area (Å²) in [5, 5.41) is 8.91. The third-order valence-electron chi connectivity index (χ3n) is 2.92. The molecule has 1 aromatic carbocycles. The van der Waals surface area contributed by atoms with Crippen LogP contribution >= 0.6 is 11.8 Å². The summed E-state index contributed by atoms with van der Waals surface area (Å²) in [6.45, 7) is 3.57. The molecule has 0 spiro atoms. The van der Waals surface area contributed by atoms with Crippen molar-refractivity contribution in [3.63, 3.8) is 0 Å². The molecule has 0 saturated carbocycles. The number of carbonyl (C=O) groups excluding carboxylic acids is 1. The van der Waals surface area contributed by atoms with Crippen molar-refractivity contribution in [3.05, 3.63) is 29.8 Å². The van der Waals surface area contributed by atoms with Gasteiger partial charge in [0.15, 0.2) is 0 Å². The molecule has 4 nitrogen and oxygen atoms in total. The first-order chi connectivity index (χ1) is 9.86. The second kappa shape index (κ2) is 7.97. The smallest absolute Gasteiger partial charge is 0.308 e. The Labute approximate surface area is 126 Å². The average molecular weight is 317 g/mol. The summed E-state index contributed by atoms with van der Waals surface area (Å²) in [7, 11) is 0. The molecule has 1 N–H and O–H groups in total. The van der Waals surface area contributed by atoms with Crippen LogP contribution < -0.4 is 0 Å². The molecule has 21 heavy (non-hydrogen) atoms. The molecule has 0 heterocycles. The van der Waals surface area contributed by atoms with E-state index in [2.05, 4.69) is 0 Å². The second-order valence-electron chi connectivity index (χ2n) is 4.46. The zero-order valence-corrected chi connectivity index (χ0v) is 12.6. The number of aliphatic carboxylic acids is 1. The Bertz CT molecular complexity index is 511. The second-order valence-corrected chi connectivity index (χ2v) is 5.49. The van der Waals surface area contributed by atoms with Crippen molar-refractivity contribution in [2.75, 3.05) is 13.1 Å². The Hall–Kier alpha value is -1.63. The van der Waals surface area contributed by atoms with Gasteiger partial charge in [0.1, 0.15) is 0 Å². The summed E-state index contributed by atoms with van der Waals surface area (Å²) in [5.41, 5.74) is 0.169. The highest BCUT2D eigenvalue weighted by Gasteiger charge is 2.23. The molecule has 1 atom stereocenters. The van der Waals surface area contributed by atoms with E-state index >= 15 is 0 Å². The van der Waals surface area contributed by atoms with Gasteiger partial charge in [0.2, 0.25) is 0 Å². The van der Waals surface area contributed by atoms with Crippen LogP contribution in [-0.4, -0.2) is 40.7 Å². The maximum absolute atomic E-state index is 12.5. The molecule has 0 aliphatic carbocycles. The van der Waals surface area contributed by atoms with Gasteiger partial charge in [0, 0.05) is 18.0 Å². The molecule has 1 rings (SSSR count). The van der Waals surface area contributed by atoms with Crippen molar-refractivity contribution in [2.24, 2.45) is 5.92 Å². The highest BCUT2D eigenvalue weighted by Crippen LogP contribution is 2.29. The molecule has 1 unspecified atom stereocenters. The first-order valence-corrected chi connectivity index (χ1v) is 7.30. The van der Waals surface area contributed by atoms with Crippen LogP contribution in [0.1, 0.15) is 24.2 Å². The normalized spacial score (nSPS) is 12.2. The van der Waals surface area contributed by atoms with E-state index in [0.717, 1.165) is 0 Å². The largest absolute Gasteiger partial charge is 0.481 e. The molecule has 7 heteroatoms. The van der Waals surface area contributed by atoms with Gasteiger partial charge in [-0.3, -0.25) is 9.59 Å². The summed E-state index contributed by atoms with van der Waals surface area (Å²) in [4.78, 5) is 24.8. The lowest BCUT2D eigenvalue weighted by atomic mass is 10.1. The van der Waals surface area contributed by atoms with E-state index in [4.69, 9.17) is 5.11 Å². The number of thioether (sulfide) groups is 1. The lowest BCUT2D eigenvalue weighted by molar-refractivity contribution is -0.141. The van der Waals surface area contributed by atoms with Crippen LogP contribution in [0.15, 0.2) is 29.2 Å². The number of carbonyl (C=O) groups is 2. The van der Waals surface area contributed by atoms with Crippen LogP contribution in [0.5, 0.6) is 0 Å². The maximum Gasteiger partial charge on any atom is 0.308 e. The molecular weight excluding hydrogens is 300 g/mol. The first kappa shape index (κ1) is 17.4. The number of benzene rings is 1. The average Bonchev–Trinajstić information content (AvgIpc) is 2.43. The molecule has 116 valence electrons. The van der Waals surface area contributed by atoms with Gasteiger partial charge in [-0.1, -0.05) is 30.8 Å². The van der Waals surface area contributed by atoms with Crippen LogP contribution in [0.3, 0.4) is 0 Å². The maximum atomic E-state index is 12.5. The lowest BCUT2D eigenvalue weighted by Gasteiger charge is -2.24. The van der Waals surface area contributed by atoms with E-state index < -0.39 is 23.6 Å². The topological polar surface area (TPSA) is 57.6 Å². The quantitative estimate of drug-likeness (QED) is 0.785. The molecule has 0 radical (unpaired) electrons. The highest BCUT2D eigenvalue weighted by atomic mass is 32.2. The van der Waals surface area contributed by atoms with E-state index in [0.29, 0.717) is 18.3 Å². The van der Waals surface area contributed by atoms with Crippen LogP contribution in [0, 0.1) is 5.92 Å². The third-order valence-corrected chi connectivity index (χ3v) is 3.71. The fourth-order valence-electron chi connectivity index (χ4n) is 1.78. The fourth-order valence-corrected chi connectivity index (χ4v) is 2.41. The number of carboxylic acids is 1. The SMILES string of the molecule is CCN(CC(C)C(=O)O)C(=O)c1ccccc1SC(F)F.